The van der Waals surface area contributed by atoms with Crippen LogP contribution in [0.15, 0.2) is 76.8 Å². The van der Waals surface area contributed by atoms with Crippen molar-refractivity contribution >= 4 is 43.4 Å². The first-order valence-corrected chi connectivity index (χ1v) is 15.5. The van der Waals surface area contributed by atoms with Crippen molar-refractivity contribution in [2.24, 2.45) is 0 Å². The van der Waals surface area contributed by atoms with Gasteiger partial charge in [0.15, 0.2) is 0 Å². The first kappa shape index (κ1) is 31.8. The zero-order chi connectivity index (χ0) is 30.5. The molecular weight excluding hydrogens is 737 g/mol. The van der Waals surface area contributed by atoms with E-state index in [1.54, 1.807) is 11.3 Å². The second-order valence-electron chi connectivity index (χ2n) is 12.5. The Balaban J connectivity index is 0.000000216. The van der Waals surface area contributed by atoms with E-state index in [-0.39, 0.29) is 25.5 Å². The Morgan fingerprint density at radius 3 is 2.02 bits per heavy atom. The number of thiophene rings is 1. The van der Waals surface area contributed by atoms with Crippen molar-refractivity contribution in [1.29, 1.82) is 0 Å². The minimum atomic E-state index is 0. The van der Waals surface area contributed by atoms with Crippen molar-refractivity contribution in [3.8, 4) is 22.5 Å². The van der Waals surface area contributed by atoms with Gasteiger partial charge in [-0.1, -0.05) is 61.9 Å². The van der Waals surface area contributed by atoms with Gasteiger partial charge >= 0.3 is 0 Å². The summed E-state index contributed by atoms with van der Waals surface area (Å²) in [5.41, 5.74) is 13.2. The van der Waals surface area contributed by atoms with E-state index < -0.39 is 0 Å². The van der Waals surface area contributed by atoms with Crippen LogP contribution in [-0.4, -0.2) is 9.97 Å². The molecule has 0 unspecified atom stereocenters. The summed E-state index contributed by atoms with van der Waals surface area (Å²) >= 11 is 1.79. The van der Waals surface area contributed by atoms with Crippen molar-refractivity contribution < 1.29 is 24.5 Å². The fraction of sp³-hybridized carbons (Fsp3) is 0.231. The van der Waals surface area contributed by atoms with Crippen molar-refractivity contribution in [1.82, 2.24) is 9.97 Å². The van der Waals surface area contributed by atoms with Gasteiger partial charge in [0.2, 0.25) is 0 Å². The van der Waals surface area contributed by atoms with Crippen LogP contribution in [0.4, 0.5) is 0 Å². The largest absolute Gasteiger partial charge is 0.500 e. The van der Waals surface area contributed by atoms with Gasteiger partial charge in [-0.2, -0.15) is 0 Å². The number of nitrogens with zero attached hydrogens (tertiary/aromatic N) is 2. The molecule has 44 heavy (non-hydrogen) atoms. The van der Waals surface area contributed by atoms with Gasteiger partial charge in [0.1, 0.15) is 5.58 Å². The number of aryl methyl sites for hydroxylation is 5. The molecule has 0 bridgehead atoms. The molecule has 4 heterocycles. The molecule has 4 aromatic heterocycles. The molecule has 0 aliphatic heterocycles. The number of fused-ring (bicyclic) bond motifs is 5. The summed E-state index contributed by atoms with van der Waals surface area (Å²) < 4.78 is 7.85. The monoisotopic (exact) mass is 773 g/mol. The zero-order valence-corrected chi connectivity index (χ0v) is 29.7. The average Bonchev–Trinajstić information content (AvgIpc) is 3.61. The predicted molar refractivity (Wildman–Crippen MR) is 182 cm³/mol. The van der Waals surface area contributed by atoms with Crippen LogP contribution >= 0.6 is 11.3 Å². The molecule has 0 amide bonds. The number of rotatable bonds is 2. The van der Waals surface area contributed by atoms with E-state index in [9.17, 15) is 0 Å². The Labute approximate surface area is 277 Å². The summed E-state index contributed by atoms with van der Waals surface area (Å²) in [5.74, 6) is 0. The van der Waals surface area contributed by atoms with Gasteiger partial charge in [0.25, 0.3) is 0 Å². The van der Waals surface area contributed by atoms with E-state index in [1.165, 1.54) is 43.3 Å². The Morgan fingerprint density at radius 1 is 0.727 bits per heavy atom. The van der Waals surface area contributed by atoms with Crippen molar-refractivity contribution in [3.05, 3.63) is 118 Å². The quantitative estimate of drug-likeness (QED) is 0.164. The molecular formula is C39H36IrN2OS-2. The predicted octanol–water partition coefficient (Wildman–Crippen LogP) is 11.0. The van der Waals surface area contributed by atoms with E-state index >= 15 is 0 Å². The van der Waals surface area contributed by atoms with Gasteiger partial charge in [0.05, 0.1) is 5.58 Å². The van der Waals surface area contributed by atoms with Gasteiger partial charge < -0.3 is 14.4 Å². The Morgan fingerprint density at radius 2 is 1.39 bits per heavy atom. The van der Waals surface area contributed by atoms with Crippen LogP contribution in [0.2, 0.25) is 0 Å². The SMILES string of the molecule is Cc1[c-]c(-c2cc(C)c(C)cn2)c2oc3c4ccsc4c(C(C)(C)C)cc3c2c1.Cc1cnc(-c2[c-]cccc2)cc1C.[Ir]. The van der Waals surface area contributed by atoms with Gasteiger partial charge in [-0.25, -0.2) is 0 Å². The third-order valence-electron chi connectivity index (χ3n) is 8.13. The first-order chi connectivity index (χ1) is 20.5. The number of hydrogen-bond acceptors (Lipinski definition) is 4. The van der Waals surface area contributed by atoms with Crippen LogP contribution in [0.1, 0.15) is 54.2 Å². The molecule has 0 fully saturated rings. The topological polar surface area (TPSA) is 38.9 Å². The molecule has 7 aromatic rings. The first-order valence-electron chi connectivity index (χ1n) is 14.6. The zero-order valence-electron chi connectivity index (χ0n) is 26.5. The number of furan rings is 1. The summed E-state index contributed by atoms with van der Waals surface area (Å²) in [5, 5.41) is 5.68. The Bertz CT molecular complexity index is 2120. The second kappa shape index (κ2) is 12.4. The van der Waals surface area contributed by atoms with Gasteiger partial charge in [-0.15, -0.1) is 64.9 Å². The van der Waals surface area contributed by atoms with Gasteiger partial charge in [-0.3, -0.25) is 0 Å². The maximum absolute atomic E-state index is 6.54. The van der Waals surface area contributed by atoms with Crippen LogP contribution in [0.3, 0.4) is 0 Å². The average molecular weight is 773 g/mol. The molecule has 0 atom stereocenters. The minimum Gasteiger partial charge on any atom is -0.500 e. The molecule has 1 radical (unpaired) electrons. The number of hydrogen-bond donors (Lipinski definition) is 0. The molecule has 0 saturated heterocycles. The molecule has 0 N–H and O–H groups in total. The summed E-state index contributed by atoms with van der Waals surface area (Å²) in [4.78, 5) is 9.07. The number of benzene rings is 3. The normalized spacial score (nSPS) is 11.5. The van der Waals surface area contributed by atoms with Crippen molar-refractivity contribution in [2.45, 2.75) is 60.8 Å². The standard InChI is InChI=1S/C26H24NOS.C13H12N.Ir/c1-14-9-18-19-12-21(26(4,5)6)25-17(7-8-29-25)23(19)28-24(18)20(10-14)22-11-15(2)16(3)13-27-22;1-10-8-13(14-9-11(10)2)12-6-4-3-5-7-12;/h7-9,11-13H,1-6H3;3-6,8-9H,1-2H3;/q2*-1;. The van der Waals surface area contributed by atoms with E-state index in [0.29, 0.717) is 0 Å². The molecule has 0 aliphatic rings. The summed E-state index contributed by atoms with van der Waals surface area (Å²) in [6.45, 7) is 17.3. The molecule has 3 nitrogen and oxygen atoms in total. The molecule has 5 heteroatoms. The summed E-state index contributed by atoms with van der Waals surface area (Å²) in [6, 6.07) is 25.5. The number of pyridine rings is 2. The maximum Gasteiger partial charge on any atom is 0.129 e. The van der Waals surface area contributed by atoms with Gasteiger partial charge in [-0.05, 0) is 78.7 Å². The van der Waals surface area contributed by atoms with Crippen molar-refractivity contribution in [3.63, 3.8) is 0 Å². The van der Waals surface area contributed by atoms with Gasteiger partial charge in [0, 0.05) is 48.0 Å². The molecule has 7 rings (SSSR count). The van der Waals surface area contributed by atoms with Crippen LogP contribution < -0.4 is 0 Å². The summed E-state index contributed by atoms with van der Waals surface area (Å²) in [6.07, 6.45) is 3.84. The smallest absolute Gasteiger partial charge is 0.129 e. The number of aromatic nitrogens is 2. The fourth-order valence-electron chi connectivity index (χ4n) is 5.36. The molecule has 0 saturated carbocycles. The van der Waals surface area contributed by atoms with Crippen LogP contribution in [0.5, 0.6) is 0 Å². The van der Waals surface area contributed by atoms with E-state index in [1.807, 2.05) is 36.7 Å². The third-order valence-corrected chi connectivity index (χ3v) is 9.08. The minimum absolute atomic E-state index is 0. The van der Waals surface area contributed by atoms with Crippen LogP contribution in [-0.2, 0) is 25.5 Å². The van der Waals surface area contributed by atoms with Crippen molar-refractivity contribution in [2.75, 3.05) is 0 Å². The fourth-order valence-corrected chi connectivity index (χ4v) is 6.48. The third kappa shape index (κ3) is 6.02. The van der Waals surface area contributed by atoms with E-state index in [2.05, 4.69) is 108 Å². The molecule has 3 aromatic carbocycles. The second-order valence-corrected chi connectivity index (χ2v) is 13.4. The van der Waals surface area contributed by atoms with Crippen LogP contribution in [0.25, 0.3) is 54.5 Å². The van der Waals surface area contributed by atoms with E-state index in [4.69, 9.17) is 9.40 Å². The Hall–Kier alpha value is -3.63. The Kier molecular flexibility index (Phi) is 8.96. The molecule has 0 spiro atoms. The molecule has 225 valence electrons. The van der Waals surface area contributed by atoms with E-state index in [0.717, 1.165) is 44.6 Å². The summed E-state index contributed by atoms with van der Waals surface area (Å²) in [7, 11) is 0. The maximum atomic E-state index is 6.54. The molecule has 0 aliphatic carbocycles. The van der Waals surface area contributed by atoms with Crippen LogP contribution in [0, 0.1) is 46.8 Å².